The van der Waals surface area contributed by atoms with E-state index < -0.39 is 5.41 Å². The van der Waals surface area contributed by atoms with E-state index in [1.165, 1.54) is 10.8 Å². The zero-order valence-corrected chi connectivity index (χ0v) is 32.0. The van der Waals surface area contributed by atoms with Gasteiger partial charge in [-0.3, -0.25) is 9.97 Å². The van der Waals surface area contributed by atoms with Gasteiger partial charge in [-0.15, -0.1) is 0 Å². The number of aromatic nitrogens is 4. The third-order valence-electron chi connectivity index (χ3n) is 12.7. The first-order chi connectivity index (χ1) is 29.7. The summed E-state index contributed by atoms with van der Waals surface area (Å²) in [5, 5.41) is 14.9. The van der Waals surface area contributed by atoms with Crippen molar-refractivity contribution >= 4 is 43.6 Å². The van der Waals surface area contributed by atoms with Crippen LogP contribution in [-0.2, 0) is 5.41 Å². The second kappa shape index (κ2) is 12.1. The average molecular weight is 766 g/mol. The van der Waals surface area contributed by atoms with Crippen molar-refractivity contribution in [2.24, 2.45) is 0 Å². The van der Waals surface area contributed by atoms with Gasteiger partial charge in [-0.1, -0.05) is 97.1 Å². The van der Waals surface area contributed by atoms with Crippen molar-refractivity contribution < 1.29 is 4.74 Å². The maximum Gasteiger partial charge on any atom is 0.132 e. The first kappa shape index (κ1) is 32.8. The smallest absolute Gasteiger partial charge is 0.132 e. The molecule has 0 atom stereocenters. The Bertz CT molecular complexity index is 3580. The molecule has 5 heterocycles. The van der Waals surface area contributed by atoms with Crippen LogP contribution in [0.25, 0.3) is 77.5 Å². The Balaban J connectivity index is 1.05. The number of rotatable bonds is 3. The molecule has 0 amide bonds. The first-order valence-corrected chi connectivity index (χ1v) is 20.1. The molecule has 60 heavy (non-hydrogen) atoms. The van der Waals surface area contributed by atoms with E-state index in [1.54, 1.807) is 0 Å². The van der Waals surface area contributed by atoms with Crippen molar-refractivity contribution in [3.8, 4) is 51.5 Å². The van der Waals surface area contributed by atoms with Crippen molar-refractivity contribution in [2.45, 2.75) is 5.41 Å². The maximum absolute atomic E-state index is 10.3. The highest BCUT2D eigenvalue weighted by Gasteiger charge is 2.52. The van der Waals surface area contributed by atoms with Crippen molar-refractivity contribution in [2.75, 3.05) is 0 Å². The molecular formula is C54H31N5O. The highest BCUT2D eigenvalue weighted by atomic mass is 16.5. The van der Waals surface area contributed by atoms with Gasteiger partial charge in [-0.2, -0.15) is 5.26 Å². The number of ether oxygens (including phenoxy) is 1. The van der Waals surface area contributed by atoms with E-state index in [0.29, 0.717) is 5.56 Å². The van der Waals surface area contributed by atoms with E-state index in [1.807, 2.05) is 42.7 Å². The quantitative estimate of drug-likeness (QED) is 0.180. The molecule has 0 N–H and O–H groups in total. The van der Waals surface area contributed by atoms with Crippen LogP contribution in [0.1, 0.15) is 27.8 Å². The van der Waals surface area contributed by atoms with E-state index in [9.17, 15) is 5.26 Å². The summed E-state index contributed by atoms with van der Waals surface area (Å²) in [7, 11) is 0. The summed E-state index contributed by atoms with van der Waals surface area (Å²) in [6.07, 6.45) is 3.71. The molecule has 1 aliphatic carbocycles. The van der Waals surface area contributed by atoms with Crippen LogP contribution >= 0.6 is 0 Å². The van der Waals surface area contributed by atoms with Crippen molar-refractivity contribution in [1.29, 1.82) is 5.26 Å². The molecule has 11 aromatic rings. The lowest BCUT2D eigenvalue weighted by atomic mass is 9.66. The number of nitrogens with zero attached hydrogens (tertiary/aromatic N) is 5. The van der Waals surface area contributed by atoms with Gasteiger partial charge < -0.3 is 13.9 Å². The summed E-state index contributed by atoms with van der Waals surface area (Å²) < 4.78 is 11.4. The Kier molecular flexibility index (Phi) is 6.62. The molecule has 0 radical (unpaired) electrons. The first-order valence-electron chi connectivity index (χ1n) is 20.1. The summed E-state index contributed by atoms with van der Waals surface area (Å²) in [4.78, 5) is 9.81. The van der Waals surface area contributed by atoms with E-state index in [-0.39, 0.29) is 0 Å². The predicted octanol–water partition coefficient (Wildman–Crippen LogP) is 12.7. The molecule has 1 aliphatic heterocycles. The highest BCUT2D eigenvalue weighted by molar-refractivity contribution is 6.12. The highest BCUT2D eigenvalue weighted by Crippen LogP contribution is 2.61. The van der Waals surface area contributed by atoms with Crippen LogP contribution in [0.4, 0.5) is 0 Å². The lowest BCUT2D eigenvalue weighted by Crippen LogP contribution is -2.32. The molecule has 7 aromatic carbocycles. The molecule has 6 nitrogen and oxygen atoms in total. The van der Waals surface area contributed by atoms with Crippen LogP contribution in [0, 0.1) is 11.3 Å². The number of fused-ring (bicyclic) bond motifs is 15. The Morgan fingerprint density at radius 2 is 0.967 bits per heavy atom. The van der Waals surface area contributed by atoms with Gasteiger partial charge in [0.25, 0.3) is 0 Å². The minimum Gasteiger partial charge on any atom is -0.457 e. The van der Waals surface area contributed by atoms with Crippen LogP contribution in [0.15, 0.2) is 188 Å². The van der Waals surface area contributed by atoms with Gasteiger partial charge in [0.15, 0.2) is 0 Å². The Hall–Kier alpha value is -8.27. The van der Waals surface area contributed by atoms with Gasteiger partial charge in [-0.05, 0) is 101 Å². The zero-order valence-electron chi connectivity index (χ0n) is 32.0. The molecule has 4 aromatic heterocycles. The number of para-hydroxylation sites is 4. The molecule has 1 spiro atoms. The van der Waals surface area contributed by atoms with Crippen LogP contribution < -0.4 is 4.74 Å². The summed E-state index contributed by atoms with van der Waals surface area (Å²) in [5.41, 5.74) is 14.5. The number of nitriles is 1. The molecule has 0 bridgehead atoms. The topological polar surface area (TPSA) is 68.7 Å². The van der Waals surface area contributed by atoms with E-state index in [4.69, 9.17) is 14.7 Å². The minimum atomic E-state index is -0.664. The van der Waals surface area contributed by atoms with Crippen LogP contribution in [0.3, 0.4) is 0 Å². The molecule has 2 aliphatic rings. The fraction of sp³-hybridized carbons (Fsp3) is 0.0185. The second-order valence-electron chi connectivity index (χ2n) is 15.6. The standard InChI is InChI=1S/C54H31N5O/c55-32-33-21-24-48(58-44-17-5-1-11-36(44)37-12-2-6-18-45(37)58)49(29-33)59-46-19-7-3-13-38(46)39-30-34(22-25-47(39)59)35-23-26-51-43(31-35)54(40-14-4-8-20-50(40)60-51)41-15-9-27-56-52(41)53-42(54)16-10-28-57-53/h1-31H. The van der Waals surface area contributed by atoms with Gasteiger partial charge in [0, 0.05) is 45.1 Å². The van der Waals surface area contributed by atoms with Gasteiger partial charge in [0.1, 0.15) is 11.5 Å². The van der Waals surface area contributed by atoms with E-state index in [2.05, 4.69) is 161 Å². The SMILES string of the molecule is N#Cc1ccc(-n2c3ccccc3c3ccccc32)c(-n2c3ccccc3c3cc(-c4ccc5c(c4)C4(c6ccccc6O5)c5cccnc5-c5ncccc54)ccc32)c1. The summed E-state index contributed by atoms with van der Waals surface area (Å²) in [5.74, 6) is 1.65. The fourth-order valence-electron chi connectivity index (χ4n) is 10.3. The van der Waals surface area contributed by atoms with Gasteiger partial charge in [-0.25, -0.2) is 0 Å². The molecular weight excluding hydrogens is 735 g/mol. The van der Waals surface area contributed by atoms with Crippen LogP contribution in [0.2, 0.25) is 0 Å². The predicted molar refractivity (Wildman–Crippen MR) is 238 cm³/mol. The number of hydrogen-bond donors (Lipinski definition) is 0. The second-order valence-corrected chi connectivity index (χ2v) is 15.6. The zero-order chi connectivity index (χ0) is 39.5. The van der Waals surface area contributed by atoms with E-state index >= 15 is 0 Å². The van der Waals surface area contributed by atoms with Crippen molar-refractivity contribution in [3.05, 3.63) is 216 Å². The van der Waals surface area contributed by atoms with Gasteiger partial charge in [0.2, 0.25) is 0 Å². The summed E-state index contributed by atoms with van der Waals surface area (Å²) in [6.45, 7) is 0. The molecule has 278 valence electrons. The molecule has 0 unspecified atom stereocenters. The summed E-state index contributed by atoms with van der Waals surface area (Å²) in [6, 6.07) is 64.3. The third-order valence-corrected chi connectivity index (χ3v) is 12.7. The minimum absolute atomic E-state index is 0.601. The average Bonchev–Trinajstić information content (AvgIpc) is 3.93. The Labute approximate surface area is 344 Å². The fourth-order valence-corrected chi connectivity index (χ4v) is 10.3. The van der Waals surface area contributed by atoms with Gasteiger partial charge >= 0.3 is 0 Å². The Morgan fingerprint density at radius 3 is 1.65 bits per heavy atom. The molecule has 6 heteroatoms. The number of benzene rings is 7. The summed E-state index contributed by atoms with van der Waals surface area (Å²) >= 11 is 0. The number of pyridine rings is 2. The lowest BCUT2D eigenvalue weighted by Gasteiger charge is -2.39. The van der Waals surface area contributed by atoms with Crippen molar-refractivity contribution in [1.82, 2.24) is 19.1 Å². The normalized spacial score (nSPS) is 13.2. The maximum atomic E-state index is 10.3. The largest absolute Gasteiger partial charge is 0.457 e. The Morgan fingerprint density at radius 1 is 0.433 bits per heavy atom. The lowest BCUT2D eigenvalue weighted by molar-refractivity contribution is 0.436. The molecule has 0 fully saturated rings. The molecule has 13 rings (SSSR count). The molecule has 0 saturated heterocycles. The van der Waals surface area contributed by atoms with E-state index in [0.717, 1.165) is 100 Å². The monoisotopic (exact) mass is 765 g/mol. The van der Waals surface area contributed by atoms with Crippen LogP contribution in [0.5, 0.6) is 11.5 Å². The van der Waals surface area contributed by atoms with Crippen molar-refractivity contribution in [3.63, 3.8) is 0 Å². The third kappa shape index (κ3) is 4.25. The van der Waals surface area contributed by atoms with Crippen LogP contribution in [-0.4, -0.2) is 19.1 Å². The van der Waals surface area contributed by atoms with Gasteiger partial charge in [0.05, 0.1) is 61.9 Å². The number of hydrogen-bond acceptors (Lipinski definition) is 4. The molecule has 0 saturated carbocycles.